The van der Waals surface area contributed by atoms with E-state index in [2.05, 4.69) is 13.8 Å². The van der Waals surface area contributed by atoms with Gasteiger partial charge < -0.3 is 4.74 Å². The average molecular weight is 337 g/mol. The summed E-state index contributed by atoms with van der Waals surface area (Å²) in [6.45, 7) is 6.78. The smallest absolute Gasteiger partial charge is 0.331 e. The monoisotopic (exact) mass is 337 g/mol. The quantitative estimate of drug-likeness (QED) is 0.612. The third kappa shape index (κ3) is 4.00. The van der Waals surface area contributed by atoms with Crippen LogP contribution in [0, 0.1) is 5.92 Å². The van der Waals surface area contributed by atoms with Crippen LogP contribution >= 0.6 is 0 Å². The number of hydrogen-bond acceptors (Lipinski definition) is 4. The van der Waals surface area contributed by atoms with Crippen molar-refractivity contribution in [2.75, 3.05) is 19.7 Å². The van der Waals surface area contributed by atoms with E-state index in [0.29, 0.717) is 30.2 Å². The first kappa shape index (κ1) is 17.7. The maximum absolute atomic E-state index is 12.8. The average Bonchev–Trinajstić information content (AvgIpc) is 2.49. The summed E-state index contributed by atoms with van der Waals surface area (Å²) in [6, 6.07) is 6.80. The third-order valence-electron chi connectivity index (χ3n) is 3.73. The molecule has 1 aromatic carbocycles. The summed E-state index contributed by atoms with van der Waals surface area (Å²) in [7, 11) is -3.52. The van der Waals surface area contributed by atoms with Crippen molar-refractivity contribution in [2.24, 2.45) is 5.92 Å². The van der Waals surface area contributed by atoms with Gasteiger partial charge in [-0.3, -0.25) is 0 Å². The maximum atomic E-state index is 12.8. The fourth-order valence-corrected chi connectivity index (χ4v) is 4.17. The van der Waals surface area contributed by atoms with E-state index in [1.165, 1.54) is 10.4 Å². The van der Waals surface area contributed by atoms with Gasteiger partial charge in [0.15, 0.2) is 0 Å². The van der Waals surface area contributed by atoms with Gasteiger partial charge in [0.25, 0.3) is 0 Å². The summed E-state index contributed by atoms with van der Waals surface area (Å²) in [5, 5.41) is 0. The highest BCUT2D eigenvalue weighted by Crippen LogP contribution is 2.33. The lowest BCUT2D eigenvalue weighted by Crippen LogP contribution is -2.38. The van der Waals surface area contributed by atoms with Crippen molar-refractivity contribution in [3.63, 3.8) is 0 Å². The second-order valence-corrected chi connectivity index (χ2v) is 7.85. The van der Waals surface area contributed by atoms with Gasteiger partial charge >= 0.3 is 5.97 Å². The molecule has 0 amide bonds. The molecular weight excluding hydrogens is 314 g/mol. The molecule has 1 aliphatic heterocycles. The molecule has 0 N–H and O–H groups in total. The first-order valence-electron chi connectivity index (χ1n) is 7.83. The van der Waals surface area contributed by atoms with Crippen molar-refractivity contribution in [3.8, 4) is 0 Å². The van der Waals surface area contributed by atoms with E-state index in [-0.39, 0.29) is 11.4 Å². The van der Waals surface area contributed by atoms with Gasteiger partial charge in [0.2, 0.25) is 10.0 Å². The molecule has 2 rings (SSSR count). The Kier molecular flexibility index (Phi) is 5.59. The van der Waals surface area contributed by atoms with Crippen LogP contribution in [0.5, 0.6) is 0 Å². The third-order valence-corrected chi connectivity index (χ3v) is 5.64. The fraction of sp³-hybridized carbons (Fsp3) is 0.471. The number of sulfonamides is 1. The van der Waals surface area contributed by atoms with Crippen LogP contribution in [0.2, 0.25) is 0 Å². The van der Waals surface area contributed by atoms with Gasteiger partial charge in [-0.15, -0.1) is 0 Å². The molecule has 0 aromatic heterocycles. The molecule has 0 fully saturated rings. The van der Waals surface area contributed by atoms with Gasteiger partial charge in [0, 0.05) is 19.2 Å². The lowest BCUT2D eigenvalue weighted by molar-refractivity contribution is -0.137. The standard InChI is InChI=1S/C17H23NO4S/c1-4-22-17(19)11-14-12-18(10-9-13(2)3)23(20,21)16-8-6-5-7-15(14)16/h5-8,11,13H,4,9-10,12H2,1-3H3. The van der Waals surface area contributed by atoms with Crippen LogP contribution in [-0.4, -0.2) is 38.4 Å². The van der Waals surface area contributed by atoms with E-state index < -0.39 is 16.0 Å². The number of ether oxygens (including phenoxy) is 1. The predicted octanol–water partition coefficient (Wildman–Crippen LogP) is 2.68. The molecule has 0 atom stereocenters. The molecule has 23 heavy (non-hydrogen) atoms. The number of hydrogen-bond donors (Lipinski definition) is 0. The lowest BCUT2D eigenvalue weighted by atomic mass is 10.0. The second kappa shape index (κ2) is 7.27. The summed E-state index contributed by atoms with van der Waals surface area (Å²) in [6.07, 6.45) is 2.17. The highest BCUT2D eigenvalue weighted by atomic mass is 32.2. The van der Waals surface area contributed by atoms with Crippen molar-refractivity contribution >= 4 is 21.6 Å². The van der Waals surface area contributed by atoms with E-state index in [1.54, 1.807) is 31.2 Å². The molecule has 0 unspecified atom stereocenters. The molecule has 0 bridgehead atoms. The topological polar surface area (TPSA) is 63.7 Å². The van der Waals surface area contributed by atoms with E-state index >= 15 is 0 Å². The van der Waals surface area contributed by atoms with Crippen LogP contribution in [0.4, 0.5) is 0 Å². The summed E-state index contributed by atoms with van der Waals surface area (Å²) in [5.74, 6) is -0.0414. The Bertz CT molecular complexity index is 707. The van der Waals surface area contributed by atoms with Crippen molar-refractivity contribution in [2.45, 2.75) is 32.1 Å². The van der Waals surface area contributed by atoms with E-state index in [1.807, 2.05) is 0 Å². The fourth-order valence-electron chi connectivity index (χ4n) is 2.51. The van der Waals surface area contributed by atoms with Crippen LogP contribution in [0.15, 0.2) is 35.2 Å². The Morgan fingerprint density at radius 1 is 1.35 bits per heavy atom. The van der Waals surface area contributed by atoms with E-state index in [4.69, 9.17) is 4.74 Å². The SMILES string of the molecule is CCOC(=O)C=C1CN(CCC(C)C)S(=O)(=O)c2ccccc21. The molecule has 0 spiro atoms. The predicted molar refractivity (Wildman–Crippen MR) is 89.3 cm³/mol. The normalized spacial score (nSPS) is 18.9. The van der Waals surface area contributed by atoms with Crippen LogP contribution < -0.4 is 0 Å². The number of nitrogens with zero attached hydrogens (tertiary/aromatic N) is 1. The Morgan fingerprint density at radius 3 is 2.70 bits per heavy atom. The van der Waals surface area contributed by atoms with Gasteiger partial charge in [-0.05, 0) is 36.5 Å². The first-order chi connectivity index (χ1) is 10.9. The molecule has 6 heteroatoms. The minimum atomic E-state index is -3.52. The maximum Gasteiger partial charge on any atom is 0.331 e. The molecule has 0 saturated carbocycles. The van der Waals surface area contributed by atoms with E-state index in [9.17, 15) is 13.2 Å². The van der Waals surface area contributed by atoms with Crippen LogP contribution in [-0.2, 0) is 19.6 Å². The van der Waals surface area contributed by atoms with Gasteiger partial charge in [-0.25, -0.2) is 13.2 Å². The Balaban J connectivity index is 2.43. The Hall–Kier alpha value is -1.66. The summed E-state index contributed by atoms with van der Waals surface area (Å²) in [4.78, 5) is 12.0. The highest BCUT2D eigenvalue weighted by molar-refractivity contribution is 7.89. The minimum Gasteiger partial charge on any atom is -0.463 e. The summed E-state index contributed by atoms with van der Waals surface area (Å²) < 4.78 is 31.9. The number of fused-ring (bicyclic) bond motifs is 1. The molecule has 0 radical (unpaired) electrons. The molecular formula is C17H23NO4S. The second-order valence-electron chi connectivity index (χ2n) is 5.94. The first-order valence-corrected chi connectivity index (χ1v) is 9.27. The zero-order valence-electron chi connectivity index (χ0n) is 13.8. The lowest BCUT2D eigenvalue weighted by Gasteiger charge is -2.30. The number of benzene rings is 1. The zero-order chi connectivity index (χ0) is 17.0. The number of esters is 1. The zero-order valence-corrected chi connectivity index (χ0v) is 14.6. The van der Waals surface area contributed by atoms with Crippen molar-refractivity contribution in [3.05, 3.63) is 35.9 Å². The van der Waals surface area contributed by atoms with E-state index in [0.717, 1.165) is 6.42 Å². The van der Waals surface area contributed by atoms with Crippen LogP contribution in [0.3, 0.4) is 0 Å². The molecule has 0 saturated heterocycles. The molecule has 1 aliphatic rings. The molecule has 0 aliphatic carbocycles. The van der Waals surface area contributed by atoms with Crippen LogP contribution in [0.25, 0.3) is 5.57 Å². The van der Waals surface area contributed by atoms with Crippen LogP contribution in [0.1, 0.15) is 32.8 Å². The molecule has 126 valence electrons. The van der Waals surface area contributed by atoms with Crippen molar-refractivity contribution in [1.82, 2.24) is 4.31 Å². The summed E-state index contributed by atoms with van der Waals surface area (Å²) >= 11 is 0. The number of carbonyl (C=O) groups is 1. The van der Waals surface area contributed by atoms with Gasteiger partial charge in [-0.1, -0.05) is 32.0 Å². The number of rotatable bonds is 5. The van der Waals surface area contributed by atoms with Crippen molar-refractivity contribution in [1.29, 1.82) is 0 Å². The molecule has 1 aromatic rings. The van der Waals surface area contributed by atoms with Gasteiger partial charge in [0.1, 0.15) is 0 Å². The van der Waals surface area contributed by atoms with Gasteiger partial charge in [0.05, 0.1) is 11.5 Å². The minimum absolute atomic E-state index is 0.199. The molecule has 5 nitrogen and oxygen atoms in total. The number of carbonyl (C=O) groups excluding carboxylic acids is 1. The highest BCUT2D eigenvalue weighted by Gasteiger charge is 2.33. The Labute approximate surface area is 138 Å². The largest absolute Gasteiger partial charge is 0.463 e. The van der Waals surface area contributed by atoms with Gasteiger partial charge in [-0.2, -0.15) is 4.31 Å². The summed E-state index contributed by atoms with van der Waals surface area (Å²) in [5.41, 5.74) is 1.26. The molecule has 1 heterocycles. The Morgan fingerprint density at radius 2 is 2.04 bits per heavy atom. The van der Waals surface area contributed by atoms with Crippen molar-refractivity contribution < 1.29 is 17.9 Å².